The van der Waals surface area contributed by atoms with Gasteiger partial charge in [0.15, 0.2) is 0 Å². The van der Waals surface area contributed by atoms with Gasteiger partial charge >= 0.3 is 6.09 Å². The highest BCUT2D eigenvalue weighted by molar-refractivity contribution is 5.67. The van der Waals surface area contributed by atoms with Gasteiger partial charge in [-0.2, -0.15) is 0 Å². The fourth-order valence-electron chi connectivity index (χ4n) is 1.92. The molecule has 0 radical (unpaired) electrons. The lowest BCUT2D eigenvalue weighted by Gasteiger charge is -2.19. The summed E-state index contributed by atoms with van der Waals surface area (Å²) in [5.41, 5.74) is 0.651. The van der Waals surface area contributed by atoms with Gasteiger partial charge in [0, 0.05) is 40.8 Å². The number of ether oxygens (including phenoxy) is 1. The molecule has 1 aromatic rings. The second kappa shape index (κ2) is 8.57. The first kappa shape index (κ1) is 19.0. The third-order valence-electron chi connectivity index (χ3n) is 2.96. The molecule has 0 aromatic carbocycles. The Hall–Kier alpha value is -2.02. The maximum absolute atomic E-state index is 11.4. The Kier molecular flexibility index (Phi) is 7.09. The molecule has 130 valence electrons. The molecule has 0 aliphatic rings. The fraction of sp³-hybridized carbons (Fsp3) is 0.625. The van der Waals surface area contributed by atoms with E-state index in [4.69, 9.17) is 4.74 Å². The summed E-state index contributed by atoms with van der Waals surface area (Å²) >= 11 is 0. The molecule has 7 heteroatoms. The van der Waals surface area contributed by atoms with E-state index in [1.165, 1.54) is 0 Å². The zero-order valence-electron chi connectivity index (χ0n) is 15.0. The highest BCUT2D eigenvalue weighted by Crippen LogP contribution is 2.10. The molecule has 1 heterocycles. The van der Waals surface area contributed by atoms with Gasteiger partial charge in [-0.05, 0) is 20.8 Å². The summed E-state index contributed by atoms with van der Waals surface area (Å²) in [4.78, 5) is 17.8. The Morgan fingerprint density at radius 1 is 1.35 bits per heavy atom. The Balaban J connectivity index is 2.21. The summed E-state index contributed by atoms with van der Waals surface area (Å²) in [7, 11) is 5.94. The van der Waals surface area contributed by atoms with Crippen LogP contribution < -0.4 is 15.5 Å². The number of imidazole rings is 1. The van der Waals surface area contributed by atoms with E-state index in [0.29, 0.717) is 6.54 Å². The van der Waals surface area contributed by atoms with Crippen LogP contribution in [0.3, 0.4) is 0 Å². The van der Waals surface area contributed by atoms with Gasteiger partial charge in [0.05, 0.1) is 11.9 Å². The van der Waals surface area contributed by atoms with E-state index in [1.54, 1.807) is 0 Å². The third-order valence-corrected chi connectivity index (χ3v) is 2.96. The molecule has 0 aliphatic heterocycles. The molecule has 23 heavy (non-hydrogen) atoms. The molecule has 0 atom stereocenters. The van der Waals surface area contributed by atoms with Gasteiger partial charge in [-0.25, -0.2) is 9.78 Å². The largest absolute Gasteiger partial charge is 0.444 e. The molecule has 0 aliphatic carbocycles. The minimum Gasteiger partial charge on any atom is -0.444 e. The summed E-state index contributed by atoms with van der Waals surface area (Å²) < 4.78 is 7.20. The van der Waals surface area contributed by atoms with Crippen molar-refractivity contribution < 1.29 is 9.53 Å². The molecule has 1 aromatic heterocycles. The standard InChI is InChI=1S/C16H29N5O2/c1-16(2,3)23-15(22)18-10-8-7-9-17-11-13-12-19-14(20(4)5)21(13)6/h7-8,12,17H,9-11H2,1-6H3,(H,18,22)/b8-7+. The summed E-state index contributed by atoms with van der Waals surface area (Å²) in [6.07, 6.45) is 5.34. The van der Waals surface area contributed by atoms with Crippen LogP contribution in [0.1, 0.15) is 26.5 Å². The first-order valence-electron chi connectivity index (χ1n) is 7.71. The number of anilines is 1. The zero-order valence-corrected chi connectivity index (χ0v) is 15.0. The van der Waals surface area contributed by atoms with Gasteiger partial charge in [-0.1, -0.05) is 12.2 Å². The van der Waals surface area contributed by atoms with E-state index in [1.807, 2.05) is 65.2 Å². The van der Waals surface area contributed by atoms with Crippen molar-refractivity contribution >= 4 is 12.0 Å². The number of carbonyl (C=O) groups is 1. The number of hydrogen-bond acceptors (Lipinski definition) is 5. The van der Waals surface area contributed by atoms with Gasteiger partial charge < -0.3 is 24.8 Å². The van der Waals surface area contributed by atoms with Gasteiger partial charge in [0.2, 0.25) is 5.95 Å². The Bertz CT molecular complexity index is 529. The number of aromatic nitrogens is 2. The second-order valence-corrected chi connectivity index (χ2v) is 6.49. The predicted octanol–water partition coefficient (Wildman–Crippen LogP) is 1.66. The monoisotopic (exact) mass is 323 g/mol. The molecule has 0 saturated heterocycles. The molecule has 0 fully saturated rings. The van der Waals surface area contributed by atoms with Gasteiger partial charge in [0.1, 0.15) is 5.60 Å². The predicted molar refractivity (Wildman–Crippen MR) is 92.6 cm³/mol. The topological polar surface area (TPSA) is 71.4 Å². The normalized spacial score (nSPS) is 11.7. The molecule has 1 rings (SSSR count). The minimum atomic E-state index is -0.468. The van der Waals surface area contributed by atoms with Crippen LogP contribution in [0.2, 0.25) is 0 Å². The highest BCUT2D eigenvalue weighted by atomic mass is 16.6. The van der Waals surface area contributed by atoms with Gasteiger partial charge in [0.25, 0.3) is 0 Å². The van der Waals surface area contributed by atoms with Crippen LogP contribution in [0.25, 0.3) is 0 Å². The van der Waals surface area contributed by atoms with Crippen molar-refractivity contribution in [3.63, 3.8) is 0 Å². The first-order valence-corrected chi connectivity index (χ1v) is 7.71. The number of amides is 1. The van der Waals surface area contributed by atoms with Crippen LogP contribution in [0, 0.1) is 0 Å². The van der Waals surface area contributed by atoms with Crippen LogP contribution in [-0.4, -0.2) is 48.4 Å². The van der Waals surface area contributed by atoms with Crippen LogP contribution in [-0.2, 0) is 18.3 Å². The Morgan fingerprint density at radius 2 is 2.00 bits per heavy atom. The molecule has 2 N–H and O–H groups in total. The molecule has 7 nitrogen and oxygen atoms in total. The van der Waals surface area contributed by atoms with Crippen molar-refractivity contribution in [3.05, 3.63) is 24.0 Å². The molecular weight excluding hydrogens is 294 g/mol. The average Bonchev–Trinajstić information content (AvgIpc) is 2.77. The van der Waals surface area contributed by atoms with Crippen LogP contribution >= 0.6 is 0 Å². The smallest absolute Gasteiger partial charge is 0.407 e. The summed E-state index contributed by atoms with van der Waals surface area (Å²) in [6.45, 7) is 7.43. The maximum Gasteiger partial charge on any atom is 0.407 e. The Labute approximate surface area is 138 Å². The number of nitrogens with zero attached hydrogens (tertiary/aromatic N) is 3. The fourth-order valence-corrected chi connectivity index (χ4v) is 1.92. The molecule has 0 spiro atoms. The minimum absolute atomic E-state index is 0.402. The van der Waals surface area contributed by atoms with E-state index in [2.05, 4.69) is 20.2 Å². The summed E-state index contributed by atoms with van der Waals surface area (Å²) in [5, 5.41) is 5.99. The van der Waals surface area contributed by atoms with Crippen molar-refractivity contribution in [1.29, 1.82) is 0 Å². The SMILES string of the molecule is CN(C)c1ncc(CNC/C=C/CNC(=O)OC(C)(C)C)n1C. The molecule has 0 bridgehead atoms. The molecule has 0 unspecified atom stereocenters. The molecule has 0 saturated carbocycles. The van der Waals surface area contributed by atoms with Crippen LogP contribution in [0.5, 0.6) is 0 Å². The maximum atomic E-state index is 11.4. The Morgan fingerprint density at radius 3 is 2.57 bits per heavy atom. The second-order valence-electron chi connectivity index (χ2n) is 6.49. The third kappa shape index (κ3) is 7.19. The van der Waals surface area contributed by atoms with E-state index in [9.17, 15) is 4.79 Å². The van der Waals surface area contributed by atoms with E-state index >= 15 is 0 Å². The lowest BCUT2D eigenvalue weighted by Crippen LogP contribution is -2.32. The quantitative estimate of drug-likeness (QED) is 0.590. The van der Waals surface area contributed by atoms with Crippen molar-refractivity contribution in [2.24, 2.45) is 7.05 Å². The van der Waals surface area contributed by atoms with E-state index in [-0.39, 0.29) is 0 Å². The summed E-state index contributed by atoms with van der Waals surface area (Å²) in [5.74, 6) is 0.930. The molecule has 1 amide bonds. The van der Waals surface area contributed by atoms with Crippen molar-refractivity contribution in [1.82, 2.24) is 20.2 Å². The number of nitrogens with one attached hydrogen (secondary N) is 2. The van der Waals surface area contributed by atoms with Crippen molar-refractivity contribution in [2.75, 3.05) is 32.1 Å². The first-order chi connectivity index (χ1) is 10.7. The van der Waals surface area contributed by atoms with Crippen LogP contribution in [0.4, 0.5) is 10.7 Å². The van der Waals surface area contributed by atoms with Gasteiger partial charge in [-0.15, -0.1) is 0 Å². The molecular formula is C16H29N5O2. The lowest BCUT2D eigenvalue weighted by atomic mass is 10.2. The van der Waals surface area contributed by atoms with Crippen molar-refractivity contribution in [2.45, 2.75) is 32.9 Å². The number of hydrogen-bond donors (Lipinski definition) is 2. The highest BCUT2D eigenvalue weighted by Gasteiger charge is 2.14. The van der Waals surface area contributed by atoms with Crippen LogP contribution in [0.15, 0.2) is 18.3 Å². The van der Waals surface area contributed by atoms with Crippen molar-refractivity contribution in [3.8, 4) is 0 Å². The lowest BCUT2D eigenvalue weighted by molar-refractivity contribution is 0.0534. The summed E-state index contributed by atoms with van der Waals surface area (Å²) in [6, 6.07) is 0. The average molecular weight is 323 g/mol. The number of alkyl carbamates (subject to hydrolysis) is 1. The number of rotatable bonds is 7. The zero-order chi connectivity index (χ0) is 17.5. The van der Waals surface area contributed by atoms with E-state index in [0.717, 1.165) is 24.7 Å². The van der Waals surface area contributed by atoms with Gasteiger partial charge in [-0.3, -0.25) is 0 Å². The number of carbonyl (C=O) groups excluding carboxylic acids is 1. The van der Waals surface area contributed by atoms with E-state index < -0.39 is 11.7 Å².